The summed E-state index contributed by atoms with van der Waals surface area (Å²) in [5.41, 5.74) is 4.42. The number of nitrogens with one attached hydrogen (secondary N) is 1. The van der Waals surface area contributed by atoms with E-state index in [-0.39, 0.29) is 23.9 Å². The summed E-state index contributed by atoms with van der Waals surface area (Å²) in [5.74, 6) is 0. The number of piperidine rings is 1. The summed E-state index contributed by atoms with van der Waals surface area (Å²) in [6, 6.07) is 18.6. The average Bonchev–Trinajstić information content (AvgIpc) is 3.25. The highest BCUT2D eigenvalue weighted by Crippen LogP contribution is 2.51. The molecule has 1 spiro atoms. The number of benzene rings is 2. The first-order chi connectivity index (χ1) is 13.3. The number of hydrogen-bond donors (Lipinski definition) is 2. The number of nitrogens with zero attached hydrogens (tertiary/aromatic N) is 3. The first-order valence-corrected chi connectivity index (χ1v) is 9.71. The Bertz CT molecular complexity index is 936. The fourth-order valence-corrected chi connectivity index (χ4v) is 4.90. The predicted molar refractivity (Wildman–Crippen MR) is 111 cm³/mol. The average molecular weight is 397 g/mol. The van der Waals surface area contributed by atoms with Crippen LogP contribution in [0.4, 0.5) is 0 Å². The van der Waals surface area contributed by atoms with Gasteiger partial charge in [0.15, 0.2) is 0 Å². The van der Waals surface area contributed by atoms with Gasteiger partial charge in [0.2, 0.25) is 0 Å². The van der Waals surface area contributed by atoms with Gasteiger partial charge in [-0.25, -0.2) is 4.68 Å². The molecule has 2 N–H and O–H groups in total. The second-order valence-corrected chi connectivity index (χ2v) is 7.74. The SMILES string of the molecule is Cl.O[C@H]1[C@H](n2cc(Cc3ccccc3)nn2)c2ccccc2C12CCNCC2. The van der Waals surface area contributed by atoms with Gasteiger partial charge >= 0.3 is 0 Å². The van der Waals surface area contributed by atoms with Gasteiger partial charge in [-0.05, 0) is 42.6 Å². The normalized spacial score (nSPS) is 22.6. The van der Waals surface area contributed by atoms with Crippen molar-refractivity contribution in [3.05, 3.63) is 83.2 Å². The van der Waals surface area contributed by atoms with Crippen molar-refractivity contribution in [2.45, 2.75) is 36.8 Å². The van der Waals surface area contributed by atoms with Crippen molar-refractivity contribution in [1.82, 2.24) is 20.3 Å². The van der Waals surface area contributed by atoms with Gasteiger partial charge in [0.05, 0.1) is 11.8 Å². The van der Waals surface area contributed by atoms with Crippen LogP contribution in [0, 0.1) is 0 Å². The van der Waals surface area contributed by atoms with E-state index in [9.17, 15) is 5.11 Å². The Morgan fingerprint density at radius 2 is 1.75 bits per heavy atom. The van der Waals surface area contributed by atoms with Crippen LogP contribution in [-0.4, -0.2) is 39.3 Å². The molecule has 146 valence electrons. The highest BCUT2D eigenvalue weighted by atomic mass is 35.5. The molecule has 2 atom stereocenters. The minimum Gasteiger partial charge on any atom is -0.390 e. The molecule has 5 nitrogen and oxygen atoms in total. The number of aliphatic hydroxyl groups excluding tert-OH is 1. The summed E-state index contributed by atoms with van der Waals surface area (Å²) >= 11 is 0. The zero-order chi connectivity index (χ0) is 18.3. The van der Waals surface area contributed by atoms with Gasteiger partial charge in [-0.3, -0.25) is 0 Å². The maximum absolute atomic E-state index is 11.4. The third kappa shape index (κ3) is 3.04. The van der Waals surface area contributed by atoms with Gasteiger partial charge in [-0.2, -0.15) is 0 Å². The summed E-state index contributed by atoms with van der Waals surface area (Å²) in [6.07, 6.45) is 4.17. The molecule has 1 fully saturated rings. The lowest BCUT2D eigenvalue weighted by molar-refractivity contribution is 0.0421. The lowest BCUT2D eigenvalue weighted by Gasteiger charge is -2.38. The highest BCUT2D eigenvalue weighted by Gasteiger charge is 2.52. The van der Waals surface area contributed by atoms with Crippen LogP contribution < -0.4 is 5.32 Å². The molecule has 1 aromatic heterocycles. The van der Waals surface area contributed by atoms with Crippen LogP contribution in [0.5, 0.6) is 0 Å². The molecule has 1 aliphatic heterocycles. The van der Waals surface area contributed by atoms with Crippen LogP contribution in [0.2, 0.25) is 0 Å². The molecule has 6 heteroatoms. The molecule has 0 unspecified atom stereocenters. The summed E-state index contributed by atoms with van der Waals surface area (Å²) in [5, 5.41) is 23.6. The van der Waals surface area contributed by atoms with E-state index in [4.69, 9.17) is 0 Å². The van der Waals surface area contributed by atoms with Crippen molar-refractivity contribution in [3.63, 3.8) is 0 Å². The van der Waals surface area contributed by atoms with E-state index in [0.717, 1.165) is 38.0 Å². The maximum atomic E-state index is 11.4. The van der Waals surface area contributed by atoms with Crippen molar-refractivity contribution < 1.29 is 5.11 Å². The van der Waals surface area contributed by atoms with Gasteiger partial charge in [0.25, 0.3) is 0 Å². The third-order valence-electron chi connectivity index (χ3n) is 6.25. The fourth-order valence-electron chi connectivity index (χ4n) is 4.90. The summed E-state index contributed by atoms with van der Waals surface area (Å²) in [7, 11) is 0. The van der Waals surface area contributed by atoms with Crippen LogP contribution in [-0.2, 0) is 11.8 Å². The first-order valence-electron chi connectivity index (χ1n) is 9.71. The predicted octanol–water partition coefficient (Wildman–Crippen LogP) is 2.88. The lowest BCUT2D eigenvalue weighted by atomic mass is 9.72. The minimum atomic E-state index is -0.483. The summed E-state index contributed by atoms with van der Waals surface area (Å²) in [4.78, 5) is 0. The zero-order valence-corrected chi connectivity index (χ0v) is 16.5. The number of aliphatic hydroxyl groups is 1. The maximum Gasteiger partial charge on any atom is 0.106 e. The van der Waals surface area contributed by atoms with Crippen molar-refractivity contribution in [2.24, 2.45) is 0 Å². The molecule has 0 amide bonds. The topological polar surface area (TPSA) is 63.0 Å². The molecular formula is C22H25ClN4O. The van der Waals surface area contributed by atoms with Gasteiger partial charge in [-0.15, -0.1) is 17.5 Å². The Hall–Kier alpha value is -2.21. The first kappa shape index (κ1) is 19.1. The number of halogens is 1. The van der Waals surface area contributed by atoms with E-state index in [1.165, 1.54) is 16.7 Å². The monoisotopic (exact) mass is 396 g/mol. The van der Waals surface area contributed by atoms with Crippen LogP contribution in [0.3, 0.4) is 0 Å². The molecule has 0 radical (unpaired) electrons. The van der Waals surface area contributed by atoms with Crippen LogP contribution >= 0.6 is 12.4 Å². The van der Waals surface area contributed by atoms with E-state index >= 15 is 0 Å². The second kappa shape index (κ2) is 7.66. The van der Waals surface area contributed by atoms with Gasteiger partial charge < -0.3 is 10.4 Å². The van der Waals surface area contributed by atoms with Crippen molar-refractivity contribution >= 4 is 12.4 Å². The number of rotatable bonds is 3. The van der Waals surface area contributed by atoms with Gasteiger partial charge in [-0.1, -0.05) is 59.8 Å². The fraction of sp³-hybridized carbons (Fsp3) is 0.364. The van der Waals surface area contributed by atoms with E-state index < -0.39 is 6.10 Å². The Balaban J connectivity index is 0.00000192. The van der Waals surface area contributed by atoms with Crippen LogP contribution in [0.15, 0.2) is 60.8 Å². The molecule has 0 saturated carbocycles. The van der Waals surface area contributed by atoms with Crippen molar-refractivity contribution in [1.29, 1.82) is 0 Å². The smallest absolute Gasteiger partial charge is 0.106 e. The molecule has 5 rings (SSSR count). The zero-order valence-electron chi connectivity index (χ0n) is 15.7. The molecule has 3 aromatic rings. The minimum absolute atomic E-state index is 0. The van der Waals surface area contributed by atoms with Gasteiger partial charge in [0.1, 0.15) is 6.04 Å². The second-order valence-electron chi connectivity index (χ2n) is 7.74. The van der Waals surface area contributed by atoms with E-state index in [1.54, 1.807) is 0 Å². The third-order valence-corrected chi connectivity index (χ3v) is 6.25. The van der Waals surface area contributed by atoms with Crippen LogP contribution in [0.1, 0.15) is 41.3 Å². The molecule has 28 heavy (non-hydrogen) atoms. The highest BCUT2D eigenvalue weighted by molar-refractivity contribution is 5.85. The number of fused-ring (bicyclic) bond motifs is 2. The molecule has 2 heterocycles. The quantitative estimate of drug-likeness (QED) is 0.714. The van der Waals surface area contributed by atoms with Crippen molar-refractivity contribution in [2.75, 3.05) is 13.1 Å². The van der Waals surface area contributed by atoms with E-state index in [0.29, 0.717) is 0 Å². The Morgan fingerprint density at radius 1 is 1.04 bits per heavy atom. The van der Waals surface area contributed by atoms with Gasteiger partial charge in [0, 0.05) is 18.0 Å². The van der Waals surface area contributed by atoms with Crippen LogP contribution in [0.25, 0.3) is 0 Å². The Labute approximate surface area is 171 Å². The molecule has 0 bridgehead atoms. The van der Waals surface area contributed by atoms with E-state index in [1.807, 2.05) is 29.1 Å². The number of hydrogen-bond acceptors (Lipinski definition) is 4. The molecule has 1 aliphatic carbocycles. The Kier molecular flexibility index (Phi) is 5.23. The lowest BCUT2D eigenvalue weighted by Crippen LogP contribution is -2.47. The summed E-state index contributed by atoms with van der Waals surface area (Å²) in [6.45, 7) is 1.88. The standard InChI is InChI=1S/C22H24N4O.ClH/c27-21-20(26-15-17(24-25-26)14-16-6-2-1-3-7-16)18-8-4-5-9-19(18)22(21)10-12-23-13-11-22;/h1-9,15,20-21,23,27H,10-14H2;1H/t20-,21+;/m1./s1. The Morgan fingerprint density at radius 3 is 2.54 bits per heavy atom. The summed E-state index contributed by atoms with van der Waals surface area (Å²) < 4.78 is 1.87. The number of aromatic nitrogens is 3. The molecule has 1 saturated heterocycles. The van der Waals surface area contributed by atoms with Crippen molar-refractivity contribution in [3.8, 4) is 0 Å². The largest absolute Gasteiger partial charge is 0.390 e. The molecule has 2 aromatic carbocycles. The molecule has 2 aliphatic rings. The molecular weight excluding hydrogens is 372 g/mol. The van der Waals surface area contributed by atoms with E-state index in [2.05, 4.69) is 52.0 Å².